The van der Waals surface area contributed by atoms with Crippen molar-refractivity contribution in [3.8, 4) is 34.3 Å². The number of fused-ring (bicyclic) bond motifs is 1. The van der Waals surface area contributed by atoms with E-state index in [2.05, 4.69) is 10.3 Å². The van der Waals surface area contributed by atoms with Crippen molar-refractivity contribution in [2.75, 3.05) is 26.6 Å². The number of thiophene rings is 1. The lowest BCUT2D eigenvalue weighted by atomic mass is 10.1. The summed E-state index contributed by atoms with van der Waals surface area (Å²) in [7, 11) is 4.68. The number of imidazole rings is 1. The van der Waals surface area contributed by atoms with Crippen LogP contribution in [0, 0.1) is 0 Å². The Bertz CT molecular complexity index is 1540. The normalized spacial score (nSPS) is 10.9. The Balaban J connectivity index is 1.69. The molecule has 3 aromatic heterocycles. The third-order valence-electron chi connectivity index (χ3n) is 5.64. The van der Waals surface area contributed by atoms with Crippen LogP contribution >= 0.6 is 11.3 Å². The lowest BCUT2D eigenvalue weighted by Gasteiger charge is -2.15. The van der Waals surface area contributed by atoms with Crippen LogP contribution in [0.5, 0.6) is 17.2 Å². The number of carbonyl (C=O) groups is 1. The minimum Gasteiger partial charge on any atom is -0.493 e. The van der Waals surface area contributed by atoms with Gasteiger partial charge in [0, 0.05) is 34.3 Å². The molecule has 0 aliphatic rings. The molecule has 1 N–H and O–H groups in total. The zero-order valence-corrected chi connectivity index (χ0v) is 20.9. The lowest BCUT2D eigenvalue weighted by molar-refractivity contribution is 0.101. The molecule has 3 heterocycles. The van der Waals surface area contributed by atoms with Crippen LogP contribution in [0.1, 0.15) is 17.3 Å². The molecular formula is C26H23N5O4S. The average Bonchev–Trinajstić information content (AvgIpc) is 3.58. The molecule has 0 fully saturated rings. The molecule has 0 saturated heterocycles. The summed E-state index contributed by atoms with van der Waals surface area (Å²) in [5.41, 5.74) is 4.13. The highest BCUT2D eigenvalue weighted by molar-refractivity contribution is 7.08. The molecule has 0 amide bonds. The van der Waals surface area contributed by atoms with Gasteiger partial charge >= 0.3 is 0 Å². The van der Waals surface area contributed by atoms with E-state index >= 15 is 0 Å². The van der Waals surface area contributed by atoms with E-state index in [4.69, 9.17) is 24.2 Å². The lowest BCUT2D eigenvalue weighted by Crippen LogP contribution is -2.03. The summed E-state index contributed by atoms with van der Waals surface area (Å²) >= 11 is 1.59. The second-order valence-electron chi connectivity index (χ2n) is 7.84. The van der Waals surface area contributed by atoms with Crippen LogP contribution in [0.15, 0.2) is 59.6 Å². The van der Waals surface area contributed by atoms with Crippen molar-refractivity contribution in [1.29, 1.82) is 0 Å². The first-order valence-electron chi connectivity index (χ1n) is 11.0. The maximum atomic E-state index is 12.0. The number of carbonyl (C=O) groups excluding carboxylic acids is 1. The van der Waals surface area contributed by atoms with Gasteiger partial charge in [-0.25, -0.2) is 15.0 Å². The Labute approximate surface area is 211 Å². The third-order valence-corrected chi connectivity index (χ3v) is 6.31. The van der Waals surface area contributed by atoms with Gasteiger partial charge in [0.25, 0.3) is 0 Å². The number of rotatable bonds is 8. The molecular weight excluding hydrogens is 478 g/mol. The zero-order chi connectivity index (χ0) is 25.2. The van der Waals surface area contributed by atoms with Gasteiger partial charge in [-0.05, 0) is 24.4 Å². The van der Waals surface area contributed by atoms with Gasteiger partial charge in [0.2, 0.25) is 5.75 Å². The number of hydrogen-bond acceptors (Lipinski definition) is 9. The maximum Gasteiger partial charge on any atom is 0.203 e. The van der Waals surface area contributed by atoms with E-state index < -0.39 is 0 Å². The van der Waals surface area contributed by atoms with E-state index in [1.54, 1.807) is 63.3 Å². The van der Waals surface area contributed by atoms with E-state index in [0.29, 0.717) is 51.3 Å². The fraction of sp³-hybridized carbons (Fsp3) is 0.154. The predicted molar refractivity (Wildman–Crippen MR) is 139 cm³/mol. The Morgan fingerprint density at radius 3 is 2.42 bits per heavy atom. The third kappa shape index (κ3) is 4.22. The zero-order valence-electron chi connectivity index (χ0n) is 20.1. The molecule has 0 atom stereocenters. The summed E-state index contributed by atoms with van der Waals surface area (Å²) in [6, 6.07) is 12.8. The van der Waals surface area contributed by atoms with Gasteiger partial charge in [-0.1, -0.05) is 18.2 Å². The van der Waals surface area contributed by atoms with Gasteiger partial charge < -0.3 is 19.5 Å². The Morgan fingerprint density at radius 2 is 1.78 bits per heavy atom. The summed E-state index contributed by atoms with van der Waals surface area (Å²) in [6.07, 6.45) is 1.72. The smallest absolute Gasteiger partial charge is 0.203 e. The summed E-state index contributed by atoms with van der Waals surface area (Å²) in [5.74, 6) is 2.41. The standard InChI is InChI=1S/C26H23N5O4S/c1-15(32)16-6-5-7-17(10-16)24-29-25(22-26(30-24)31(14-27-22)19-8-9-36-13-19)28-18-11-20(33-2)23(35-4)21(12-18)34-3/h5-14H,1-4H3,(H,28,29,30). The number of methoxy groups -OCH3 is 3. The van der Waals surface area contributed by atoms with Crippen LogP contribution < -0.4 is 19.5 Å². The van der Waals surface area contributed by atoms with Crippen molar-refractivity contribution in [3.63, 3.8) is 0 Å². The second-order valence-corrected chi connectivity index (χ2v) is 8.62. The van der Waals surface area contributed by atoms with E-state index in [1.807, 2.05) is 33.5 Å². The van der Waals surface area contributed by atoms with E-state index in [0.717, 1.165) is 11.3 Å². The van der Waals surface area contributed by atoms with Crippen molar-refractivity contribution in [2.24, 2.45) is 0 Å². The van der Waals surface area contributed by atoms with Gasteiger partial charge in [0.1, 0.15) is 6.33 Å². The number of Topliss-reactive ketones (excluding diaryl/α,β-unsaturated/α-hetero) is 1. The molecule has 182 valence electrons. The molecule has 36 heavy (non-hydrogen) atoms. The van der Waals surface area contributed by atoms with Crippen LogP contribution in [0.25, 0.3) is 28.2 Å². The largest absolute Gasteiger partial charge is 0.493 e. The number of ether oxygens (including phenoxy) is 3. The van der Waals surface area contributed by atoms with Crippen LogP contribution in [0.4, 0.5) is 11.5 Å². The topological polar surface area (TPSA) is 100 Å². The minimum absolute atomic E-state index is 0.0305. The van der Waals surface area contributed by atoms with Crippen LogP contribution in [-0.2, 0) is 0 Å². The van der Waals surface area contributed by atoms with Gasteiger partial charge in [0.15, 0.2) is 40.1 Å². The number of anilines is 2. The summed E-state index contributed by atoms with van der Waals surface area (Å²) in [6.45, 7) is 1.53. The highest BCUT2D eigenvalue weighted by Gasteiger charge is 2.19. The number of nitrogens with zero attached hydrogens (tertiary/aromatic N) is 4. The van der Waals surface area contributed by atoms with Crippen LogP contribution in [0.2, 0.25) is 0 Å². The van der Waals surface area contributed by atoms with Crippen molar-refractivity contribution in [3.05, 3.63) is 65.1 Å². The first-order chi connectivity index (χ1) is 17.5. The number of hydrogen-bond donors (Lipinski definition) is 1. The number of nitrogens with one attached hydrogen (secondary N) is 1. The Morgan fingerprint density at radius 1 is 1.00 bits per heavy atom. The molecule has 0 aliphatic carbocycles. The van der Waals surface area contributed by atoms with Gasteiger partial charge in [0.05, 0.1) is 27.0 Å². The molecule has 0 bridgehead atoms. The molecule has 0 spiro atoms. The van der Waals surface area contributed by atoms with Crippen LogP contribution in [0.3, 0.4) is 0 Å². The van der Waals surface area contributed by atoms with E-state index in [-0.39, 0.29) is 5.78 Å². The highest BCUT2D eigenvalue weighted by atomic mass is 32.1. The quantitative estimate of drug-likeness (QED) is 0.278. The summed E-state index contributed by atoms with van der Waals surface area (Å²) in [5, 5.41) is 7.36. The van der Waals surface area contributed by atoms with Gasteiger partial charge in [-0.2, -0.15) is 11.3 Å². The molecule has 2 aromatic carbocycles. The molecule has 5 rings (SSSR count). The van der Waals surface area contributed by atoms with Crippen molar-refractivity contribution in [1.82, 2.24) is 19.5 Å². The first kappa shape index (κ1) is 23.3. The van der Waals surface area contributed by atoms with Crippen molar-refractivity contribution < 1.29 is 19.0 Å². The summed E-state index contributed by atoms with van der Waals surface area (Å²) < 4.78 is 18.3. The van der Waals surface area contributed by atoms with Gasteiger partial charge in [-0.15, -0.1) is 0 Å². The van der Waals surface area contributed by atoms with Crippen molar-refractivity contribution in [2.45, 2.75) is 6.92 Å². The minimum atomic E-state index is -0.0305. The highest BCUT2D eigenvalue weighted by Crippen LogP contribution is 2.41. The maximum absolute atomic E-state index is 12.0. The molecule has 0 aliphatic heterocycles. The molecule has 5 aromatic rings. The first-order valence-corrected chi connectivity index (χ1v) is 11.9. The SMILES string of the molecule is COc1cc(Nc2nc(-c3cccc(C(C)=O)c3)nc3c2ncn3-c2ccsc2)cc(OC)c1OC. The summed E-state index contributed by atoms with van der Waals surface area (Å²) in [4.78, 5) is 26.2. The van der Waals surface area contributed by atoms with Crippen LogP contribution in [-0.4, -0.2) is 46.6 Å². The molecule has 0 unspecified atom stereocenters. The molecule has 9 nitrogen and oxygen atoms in total. The fourth-order valence-corrected chi connectivity index (χ4v) is 4.49. The predicted octanol–water partition coefficient (Wildman–Crippen LogP) is 5.52. The second kappa shape index (κ2) is 9.67. The molecule has 0 radical (unpaired) electrons. The van der Waals surface area contributed by atoms with E-state index in [9.17, 15) is 4.79 Å². The molecule has 10 heteroatoms. The Hall–Kier alpha value is -4.44. The van der Waals surface area contributed by atoms with Crippen molar-refractivity contribution >= 4 is 39.8 Å². The number of aromatic nitrogens is 4. The Kier molecular flexibility index (Phi) is 6.26. The molecule has 0 saturated carbocycles. The number of ketones is 1. The van der Waals surface area contributed by atoms with E-state index in [1.165, 1.54) is 6.92 Å². The average molecular weight is 502 g/mol. The monoisotopic (exact) mass is 501 g/mol. The number of benzene rings is 2. The fourth-order valence-electron chi connectivity index (χ4n) is 3.87. The van der Waals surface area contributed by atoms with Gasteiger partial charge in [-0.3, -0.25) is 9.36 Å².